The van der Waals surface area contributed by atoms with Crippen molar-refractivity contribution in [3.05, 3.63) is 29.3 Å². The van der Waals surface area contributed by atoms with E-state index in [0.717, 1.165) is 18.7 Å². The molecule has 0 aromatic heterocycles. The summed E-state index contributed by atoms with van der Waals surface area (Å²) >= 11 is 5.91. The van der Waals surface area contributed by atoms with E-state index in [1.807, 2.05) is 29.2 Å². The van der Waals surface area contributed by atoms with Crippen LogP contribution in [0, 0.1) is 0 Å². The highest BCUT2D eigenvalue weighted by Crippen LogP contribution is 2.19. The zero-order valence-electron chi connectivity index (χ0n) is 9.32. The molecule has 0 heterocycles. The van der Waals surface area contributed by atoms with Gasteiger partial charge in [0.05, 0.1) is 6.42 Å². The van der Waals surface area contributed by atoms with Crippen LogP contribution in [-0.4, -0.2) is 24.2 Å². The van der Waals surface area contributed by atoms with Gasteiger partial charge < -0.3 is 10.0 Å². The van der Waals surface area contributed by atoms with Crippen LogP contribution in [0.3, 0.4) is 0 Å². The van der Waals surface area contributed by atoms with Crippen LogP contribution < -0.4 is 4.90 Å². The Labute approximate surface area is 101 Å². The summed E-state index contributed by atoms with van der Waals surface area (Å²) in [6.07, 6.45) is 1.12. The number of anilines is 1. The lowest BCUT2D eigenvalue weighted by Crippen LogP contribution is -2.26. The first-order valence-electron chi connectivity index (χ1n) is 5.35. The minimum atomic E-state index is -0.775. The van der Waals surface area contributed by atoms with Crippen molar-refractivity contribution in [2.24, 2.45) is 0 Å². The molecular formula is C12H16ClNO2. The summed E-state index contributed by atoms with van der Waals surface area (Å²) in [5, 5.41) is 9.35. The number of carbonyl (C=O) groups is 1. The fourth-order valence-electron chi connectivity index (χ4n) is 1.54. The smallest absolute Gasteiger partial charge is 0.305 e. The maximum atomic E-state index is 10.6. The average molecular weight is 242 g/mol. The minimum absolute atomic E-state index is 0.145. The lowest BCUT2D eigenvalue weighted by atomic mass is 10.2. The van der Waals surface area contributed by atoms with Gasteiger partial charge in [0.15, 0.2) is 0 Å². The lowest BCUT2D eigenvalue weighted by Gasteiger charge is -2.23. The third-order valence-corrected chi connectivity index (χ3v) is 2.50. The van der Waals surface area contributed by atoms with Crippen molar-refractivity contribution >= 4 is 23.3 Å². The van der Waals surface area contributed by atoms with E-state index in [4.69, 9.17) is 16.7 Å². The van der Waals surface area contributed by atoms with Gasteiger partial charge in [0.2, 0.25) is 0 Å². The maximum absolute atomic E-state index is 10.6. The fraction of sp³-hybridized carbons (Fsp3) is 0.417. The molecule has 0 aliphatic heterocycles. The van der Waals surface area contributed by atoms with Gasteiger partial charge in [-0.15, -0.1) is 0 Å². The number of benzene rings is 1. The van der Waals surface area contributed by atoms with Gasteiger partial charge in [-0.3, -0.25) is 4.79 Å². The van der Waals surface area contributed by atoms with E-state index >= 15 is 0 Å². The van der Waals surface area contributed by atoms with Gasteiger partial charge in [-0.2, -0.15) is 0 Å². The van der Waals surface area contributed by atoms with Crippen molar-refractivity contribution in [1.82, 2.24) is 0 Å². The average Bonchev–Trinajstić information content (AvgIpc) is 2.24. The third kappa shape index (κ3) is 4.11. The van der Waals surface area contributed by atoms with Crippen molar-refractivity contribution in [3.63, 3.8) is 0 Å². The summed E-state index contributed by atoms with van der Waals surface area (Å²) < 4.78 is 0. The van der Waals surface area contributed by atoms with Crippen molar-refractivity contribution in [2.45, 2.75) is 19.8 Å². The van der Waals surface area contributed by atoms with Crippen LogP contribution in [0.1, 0.15) is 19.8 Å². The number of hydrogen-bond acceptors (Lipinski definition) is 2. The second-order valence-corrected chi connectivity index (χ2v) is 4.05. The molecule has 0 amide bonds. The van der Waals surface area contributed by atoms with E-state index in [2.05, 4.69) is 6.92 Å². The van der Waals surface area contributed by atoms with E-state index in [0.29, 0.717) is 11.6 Å². The summed E-state index contributed by atoms with van der Waals surface area (Å²) in [6.45, 7) is 3.43. The molecular weight excluding hydrogens is 226 g/mol. The lowest BCUT2D eigenvalue weighted by molar-refractivity contribution is -0.136. The highest BCUT2D eigenvalue weighted by atomic mass is 35.5. The molecule has 88 valence electrons. The number of rotatable bonds is 6. The molecule has 0 atom stereocenters. The monoisotopic (exact) mass is 241 g/mol. The molecule has 1 aromatic carbocycles. The van der Waals surface area contributed by atoms with E-state index in [-0.39, 0.29) is 6.42 Å². The maximum Gasteiger partial charge on any atom is 0.305 e. The van der Waals surface area contributed by atoms with Crippen LogP contribution >= 0.6 is 11.6 Å². The van der Waals surface area contributed by atoms with Crippen molar-refractivity contribution in [3.8, 4) is 0 Å². The van der Waals surface area contributed by atoms with Crippen LogP contribution in [0.2, 0.25) is 5.02 Å². The summed E-state index contributed by atoms with van der Waals surface area (Å²) in [5.41, 5.74) is 0.982. The number of halogens is 1. The quantitative estimate of drug-likeness (QED) is 0.832. The van der Waals surface area contributed by atoms with E-state index in [9.17, 15) is 4.79 Å². The molecule has 0 spiro atoms. The summed E-state index contributed by atoms with van der Waals surface area (Å²) in [6, 6.07) is 7.50. The Bertz CT molecular complexity index is 355. The van der Waals surface area contributed by atoms with Gasteiger partial charge in [0, 0.05) is 23.8 Å². The van der Waals surface area contributed by atoms with Gasteiger partial charge in [-0.1, -0.05) is 24.6 Å². The molecule has 0 aliphatic rings. The second-order valence-electron chi connectivity index (χ2n) is 3.61. The number of carboxylic acid groups (broad SMARTS) is 1. The highest BCUT2D eigenvalue weighted by Gasteiger charge is 2.07. The van der Waals surface area contributed by atoms with Crippen LogP contribution in [0.4, 0.5) is 5.69 Å². The van der Waals surface area contributed by atoms with Gasteiger partial charge in [-0.25, -0.2) is 0 Å². The number of carboxylic acids is 1. The van der Waals surface area contributed by atoms with Gasteiger partial charge in [0.1, 0.15) is 0 Å². The highest BCUT2D eigenvalue weighted by molar-refractivity contribution is 6.30. The van der Waals surface area contributed by atoms with Gasteiger partial charge in [-0.05, 0) is 24.6 Å². The molecule has 1 rings (SSSR count). The molecule has 1 aromatic rings. The normalized spacial score (nSPS) is 10.1. The second kappa shape index (κ2) is 6.38. The Morgan fingerprint density at radius 2 is 2.19 bits per heavy atom. The van der Waals surface area contributed by atoms with E-state index in [1.54, 1.807) is 0 Å². The zero-order valence-corrected chi connectivity index (χ0v) is 10.1. The molecule has 0 fully saturated rings. The molecule has 4 heteroatoms. The Morgan fingerprint density at radius 3 is 2.75 bits per heavy atom. The summed E-state index contributed by atoms with van der Waals surface area (Å²) in [5.74, 6) is -0.775. The van der Waals surface area contributed by atoms with Crippen LogP contribution in [0.25, 0.3) is 0 Å². The SMILES string of the molecule is CCCN(CCC(=O)O)c1cccc(Cl)c1. The minimum Gasteiger partial charge on any atom is -0.481 e. The predicted octanol–water partition coefficient (Wildman–Crippen LogP) is 3.03. The van der Waals surface area contributed by atoms with Gasteiger partial charge >= 0.3 is 5.97 Å². The first kappa shape index (κ1) is 12.8. The fourth-order valence-corrected chi connectivity index (χ4v) is 1.73. The number of hydrogen-bond donors (Lipinski definition) is 1. The molecule has 3 nitrogen and oxygen atoms in total. The van der Waals surface area contributed by atoms with Crippen molar-refractivity contribution in [1.29, 1.82) is 0 Å². The zero-order chi connectivity index (χ0) is 12.0. The van der Waals surface area contributed by atoms with Crippen LogP contribution in [0.5, 0.6) is 0 Å². The van der Waals surface area contributed by atoms with E-state index in [1.165, 1.54) is 0 Å². The van der Waals surface area contributed by atoms with Crippen LogP contribution in [-0.2, 0) is 4.79 Å². The first-order chi connectivity index (χ1) is 7.63. The molecule has 1 N–H and O–H groups in total. The number of nitrogens with zero attached hydrogens (tertiary/aromatic N) is 1. The predicted molar refractivity (Wildman–Crippen MR) is 66.2 cm³/mol. The molecule has 0 saturated heterocycles. The molecule has 16 heavy (non-hydrogen) atoms. The molecule has 0 aliphatic carbocycles. The third-order valence-electron chi connectivity index (χ3n) is 2.26. The Balaban J connectivity index is 2.72. The van der Waals surface area contributed by atoms with Crippen molar-refractivity contribution in [2.75, 3.05) is 18.0 Å². The standard InChI is InChI=1S/C12H16ClNO2/c1-2-7-14(8-6-12(15)16)11-5-3-4-10(13)9-11/h3-5,9H,2,6-8H2,1H3,(H,15,16). The Morgan fingerprint density at radius 1 is 1.44 bits per heavy atom. The number of aliphatic carboxylic acids is 1. The Kier molecular flexibility index (Phi) is 5.12. The van der Waals surface area contributed by atoms with Crippen LogP contribution in [0.15, 0.2) is 24.3 Å². The molecule has 0 unspecified atom stereocenters. The van der Waals surface area contributed by atoms with Crippen molar-refractivity contribution < 1.29 is 9.90 Å². The first-order valence-corrected chi connectivity index (χ1v) is 5.73. The Hall–Kier alpha value is -1.22. The largest absolute Gasteiger partial charge is 0.481 e. The van der Waals surface area contributed by atoms with Gasteiger partial charge in [0.25, 0.3) is 0 Å². The molecule has 0 bridgehead atoms. The summed E-state index contributed by atoms with van der Waals surface area (Å²) in [7, 11) is 0. The summed E-state index contributed by atoms with van der Waals surface area (Å²) in [4.78, 5) is 12.6. The topological polar surface area (TPSA) is 40.5 Å². The van der Waals surface area contributed by atoms with E-state index < -0.39 is 5.97 Å². The molecule has 0 radical (unpaired) electrons. The molecule has 0 saturated carbocycles.